The molecule has 0 aliphatic carbocycles. The number of aromatic nitrogens is 2. The number of hydrogen-bond acceptors (Lipinski definition) is 5. The fourth-order valence-corrected chi connectivity index (χ4v) is 3.93. The van der Waals surface area contributed by atoms with E-state index in [4.69, 9.17) is 9.47 Å². The predicted octanol–water partition coefficient (Wildman–Crippen LogP) is 4.27. The Morgan fingerprint density at radius 1 is 1.00 bits per heavy atom. The number of rotatable bonds is 8. The molecular formula is C27H28N2O4. The molecule has 0 amide bonds. The summed E-state index contributed by atoms with van der Waals surface area (Å²) in [7, 11) is 1.61. The van der Waals surface area contributed by atoms with Crippen molar-refractivity contribution in [1.82, 2.24) is 9.78 Å². The molecule has 0 bridgehead atoms. The molecule has 0 aliphatic heterocycles. The van der Waals surface area contributed by atoms with E-state index in [1.54, 1.807) is 13.2 Å². The number of nitrogens with zero attached hydrogens (tertiary/aromatic N) is 2. The van der Waals surface area contributed by atoms with E-state index in [1.165, 1.54) is 4.68 Å². The minimum absolute atomic E-state index is 0.0352. The number of methoxy groups -OCH3 is 1. The summed E-state index contributed by atoms with van der Waals surface area (Å²) < 4.78 is 12.4. The van der Waals surface area contributed by atoms with Crippen molar-refractivity contribution in [1.29, 1.82) is 0 Å². The van der Waals surface area contributed by atoms with Crippen LogP contribution < -0.4 is 10.3 Å². The van der Waals surface area contributed by atoms with Crippen molar-refractivity contribution in [2.45, 2.75) is 33.1 Å². The summed E-state index contributed by atoms with van der Waals surface area (Å²) in [6.45, 7) is 4.46. The van der Waals surface area contributed by atoms with Crippen molar-refractivity contribution in [3.63, 3.8) is 0 Å². The highest BCUT2D eigenvalue weighted by Crippen LogP contribution is 2.28. The molecule has 170 valence electrons. The number of aliphatic hydroxyl groups is 1. The van der Waals surface area contributed by atoms with Crippen LogP contribution in [0.5, 0.6) is 5.75 Å². The second-order valence-electron chi connectivity index (χ2n) is 8.18. The number of ether oxygens (including phenoxy) is 2. The second kappa shape index (κ2) is 9.98. The first-order valence-corrected chi connectivity index (χ1v) is 10.9. The molecule has 0 saturated carbocycles. The molecule has 1 aromatic heterocycles. The molecule has 0 radical (unpaired) electrons. The Bertz CT molecular complexity index is 1330. The first-order chi connectivity index (χ1) is 16.0. The van der Waals surface area contributed by atoms with E-state index in [9.17, 15) is 9.90 Å². The molecule has 33 heavy (non-hydrogen) atoms. The van der Waals surface area contributed by atoms with Crippen LogP contribution in [0, 0.1) is 13.8 Å². The van der Waals surface area contributed by atoms with Crippen LogP contribution in [-0.4, -0.2) is 34.7 Å². The SMILES string of the molecule is COc1ccccc1COCC(O)Cn1nc(-c2cc(C)ccc2C)c2ccccc2c1=O. The van der Waals surface area contributed by atoms with Gasteiger partial charge in [0.15, 0.2) is 0 Å². The molecule has 0 aliphatic rings. The average molecular weight is 445 g/mol. The summed E-state index contributed by atoms with van der Waals surface area (Å²) in [6.07, 6.45) is -0.891. The number of para-hydroxylation sites is 1. The maximum Gasteiger partial charge on any atom is 0.274 e. The van der Waals surface area contributed by atoms with Crippen molar-refractivity contribution in [2.24, 2.45) is 0 Å². The molecule has 1 unspecified atom stereocenters. The minimum atomic E-state index is -0.891. The van der Waals surface area contributed by atoms with E-state index in [-0.39, 0.29) is 18.7 Å². The third-order valence-corrected chi connectivity index (χ3v) is 5.66. The summed E-state index contributed by atoms with van der Waals surface area (Å²) in [5, 5.41) is 16.7. The largest absolute Gasteiger partial charge is 0.496 e. The van der Waals surface area contributed by atoms with Gasteiger partial charge in [-0.15, -0.1) is 0 Å². The number of aliphatic hydroxyl groups excluding tert-OH is 1. The van der Waals surface area contributed by atoms with Crippen LogP contribution in [0.1, 0.15) is 16.7 Å². The number of fused-ring (bicyclic) bond motifs is 1. The predicted molar refractivity (Wildman–Crippen MR) is 130 cm³/mol. The third-order valence-electron chi connectivity index (χ3n) is 5.66. The lowest BCUT2D eigenvalue weighted by atomic mass is 9.99. The molecule has 0 saturated heterocycles. The molecule has 6 nitrogen and oxygen atoms in total. The number of hydrogen-bond donors (Lipinski definition) is 1. The van der Waals surface area contributed by atoms with E-state index in [0.29, 0.717) is 12.0 Å². The first-order valence-electron chi connectivity index (χ1n) is 10.9. The molecule has 1 heterocycles. The second-order valence-corrected chi connectivity index (χ2v) is 8.18. The Morgan fingerprint density at radius 2 is 1.73 bits per heavy atom. The summed E-state index contributed by atoms with van der Waals surface area (Å²) in [5.41, 5.74) is 4.55. The maximum absolute atomic E-state index is 13.1. The average Bonchev–Trinajstić information content (AvgIpc) is 2.83. The number of aryl methyl sites for hydroxylation is 2. The highest BCUT2D eigenvalue weighted by atomic mass is 16.5. The van der Waals surface area contributed by atoms with Gasteiger partial charge in [0.1, 0.15) is 5.75 Å². The normalized spacial score (nSPS) is 12.1. The van der Waals surface area contributed by atoms with Crippen molar-refractivity contribution in [3.8, 4) is 17.0 Å². The van der Waals surface area contributed by atoms with Gasteiger partial charge in [0.25, 0.3) is 5.56 Å². The Balaban J connectivity index is 1.59. The zero-order valence-electron chi connectivity index (χ0n) is 19.1. The van der Waals surface area contributed by atoms with Gasteiger partial charge in [-0.3, -0.25) is 4.79 Å². The van der Waals surface area contributed by atoms with Crippen LogP contribution >= 0.6 is 0 Å². The van der Waals surface area contributed by atoms with Crippen LogP contribution in [0.4, 0.5) is 0 Å². The fourth-order valence-electron chi connectivity index (χ4n) is 3.93. The van der Waals surface area contributed by atoms with E-state index in [0.717, 1.165) is 39.1 Å². The molecular weight excluding hydrogens is 416 g/mol. The minimum Gasteiger partial charge on any atom is -0.496 e. The Hall–Kier alpha value is -3.48. The van der Waals surface area contributed by atoms with Gasteiger partial charge < -0.3 is 14.6 Å². The zero-order chi connectivity index (χ0) is 23.4. The maximum atomic E-state index is 13.1. The van der Waals surface area contributed by atoms with Gasteiger partial charge in [-0.2, -0.15) is 5.10 Å². The van der Waals surface area contributed by atoms with Crippen molar-refractivity contribution < 1.29 is 14.6 Å². The van der Waals surface area contributed by atoms with Gasteiger partial charge >= 0.3 is 0 Å². The molecule has 0 fully saturated rings. The zero-order valence-corrected chi connectivity index (χ0v) is 19.1. The van der Waals surface area contributed by atoms with Gasteiger partial charge in [0.05, 0.1) is 44.1 Å². The lowest BCUT2D eigenvalue weighted by Gasteiger charge is -2.16. The van der Waals surface area contributed by atoms with Gasteiger partial charge in [0.2, 0.25) is 0 Å². The van der Waals surface area contributed by atoms with Crippen molar-refractivity contribution in [3.05, 3.63) is 93.8 Å². The lowest BCUT2D eigenvalue weighted by molar-refractivity contribution is 0.0176. The Labute approximate surface area is 193 Å². The molecule has 0 spiro atoms. The number of benzene rings is 3. The lowest BCUT2D eigenvalue weighted by Crippen LogP contribution is -2.31. The van der Waals surface area contributed by atoms with E-state index in [2.05, 4.69) is 23.3 Å². The molecule has 6 heteroatoms. The van der Waals surface area contributed by atoms with Gasteiger partial charge in [-0.05, 0) is 37.6 Å². The van der Waals surface area contributed by atoms with Crippen LogP contribution in [0.3, 0.4) is 0 Å². The van der Waals surface area contributed by atoms with E-state index < -0.39 is 6.10 Å². The first kappa shape index (κ1) is 22.7. The molecule has 1 atom stereocenters. The van der Waals surface area contributed by atoms with E-state index >= 15 is 0 Å². The molecule has 4 rings (SSSR count). The Morgan fingerprint density at radius 3 is 2.52 bits per heavy atom. The van der Waals surface area contributed by atoms with Gasteiger partial charge in [-0.1, -0.05) is 54.1 Å². The standard InChI is InChI=1S/C27H28N2O4/c1-18-12-13-19(2)24(14-18)26-22-9-5-6-10-23(22)27(31)29(28-26)15-21(30)17-33-16-20-8-4-7-11-25(20)32-3/h4-14,21,30H,15-17H2,1-3H3. The molecule has 4 aromatic rings. The van der Waals surface area contributed by atoms with Crippen LogP contribution in [0.15, 0.2) is 71.5 Å². The summed E-state index contributed by atoms with van der Waals surface area (Å²) in [4.78, 5) is 13.1. The third kappa shape index (κ3) is 4.97. The summed E-state index contributed by atoms with van der Waals surface area (Å²) in [6, 6.07) is 21.2. The van der Waals surface area contributed by atoms with Crippen molar-refractivity contribution >= 4 is 10.8 Å². The molecule has 1 N–H and O–H groups in total. The van der Waals surface area contributed by atoms with Gasteiger partial charge in [0, 0.05) is 16.5 Å². The van der Waals surface area contributed by atoms with Crippen LogP contribution in [0.2, 0.25) is 0 Å². The smallest absolute Gasteiger partial charge is 0.274 e. The summed E-state index contributed by atoms with van der Waals surface area (Å²) >= 11 is 0. The highest BCUT2D eigenvalue weighted by molar-refractivity contribution is 5.94. The van der Waals surface area contributed by atoms with Crippen LogP contribution in [0.25, 0.3) is 22.0 Å². The van der Waals surface area contributed by atoms with Crippen molar-refractivity contribution in [2.75, 3.05) is 13.7 Å². The fraction of sp³-hybridized carbons (Fsp3) is 0.259. The Kier molecular flexibility index (Phi) is 6.87. The van der Waals surface area contributed by atoms with E-state index in [1.807, 2.05) is 56.3 Å². The topological polar surface area (TPSA) is 73.6 Å². The molecule has 3 aromatic carbocycles. The quantitative estimate of drug-likeness (QED) is 0.439. The summed E-state index contributed by atoms with van der Waals surface area (Å²) in [5.74, 6) is 0.734. The highest BCUT2D eigenvalue weighted by Gasteiger charge is 2.16. The van der Waals surface area contributed by atoms with Gasteiger partial charge in [-0.25, -0.2) is 4.68 Å². The van der Waals surface area contributed by atoms with Crippen LogP contribution in [-0.2, 0) is 17.9 Å². The monoisotopic (exact) mass is 444 g/mol.